The van der Waals surface area contributed by atoms with Gasteiger partial charge < -0.3 is 15.4 Å². The molecule has 0 saturated carbocycles. The molecule has 20 heavy (non-hydrogen) atoms. The van der Waals surface area contributed by atoms with Gasteiger partial charge in [0.25, 0.3) is 0 Å². The van der Waals surface area contributed by atoms with Crippen LogP contribution in [0.4, 0.5) is 0 Å². The van der Waals surface area contributed by atoms with E-state index in [1.807, 2.05) is 24.3 Å². The highest BCUT2D eigenvalue weighted by molar-refractivity contribution is 6.30. The van der Waals surface area contributed by atoms with Gasteiger partial charge in [0, 0.05) is 31.3 Å². The first-order valence-electron chi connectivity index (χ1n) is 6.94. The quantitative estimate of drug-likeness (QED) is 0.600. The van der Waals surface area contributed by atoms with Crippen LogP contribution in [0.2, 0.25) is 5.02 Å². The molecule has 1 unspecified atom stereocenters. The monoisotopic (exact) mass is 297 g/mol. The maximum Gasteiger partial charge on any atom is 0.191 e. The van der Waals surface area contributed by atoms with Crippen molar-refractivity contribution in [1.82, 2.24) is 10.6 Å². The first-order valence-corrected chi connectivity index (χ1v) is 7.31. The third-order valence-electron chi connectivity index (χ3n) is 2.73. The van der Waals surface area contributed by atoms with Crippen LogP contribution in [0.15, 0.2) is 29.3 Å². The topological polar surface area (TPSA) is 45.7 Å². The van der Waals surface area contributed by atoms with Gasteiger partial charge in [0.05, 0.1) is 6.61 Å². The van der Waals surface area contributed by atoms with Crippen LogP contribution in [0.3, 0.4) is 0 Å². The van der Waals surface area contributed by atoms with Gasteiger partial charge in [-0.2, -0.15) is 0 Å². The zero-order chi connectivity index (χ0) is 14.8. The van der Waals surface area contributed by atoms with Gasteiger partial charge in [0.1, 0.15) is 0 Å². The molecule has 1 atom stereocenters. The van der Waals surface area contributed by atoms with Crippen molar-refractivity contribution in [2.45, 2.75) is 26.3 Å². The molecule has 2 N–H and O–H groups in total. The number of benzene rings is 1. The third kappa shape index (κ3) is 6.78. The maximum atomic E-state index is 5.86. The standard InChI is InChI=1S/C15H24ClN3O/c1-4-17-15(19-12(2)11-20-3)18-10-9-13-5-7-14(16)8-6-13/h5-8,12H,4,9-11H2,1-3H3,(H2,17,18,19). The molecule has 112 valence electrons. The second-order valence-corrected chi connectivity index (χ2v) is 5.07. The zero-order valence-electron chi connectivity index (χ0n) is 12.4. The summed E-state index contributed by atoms with van der Waals surface area (Å²) < 4.78 is 5.11. The highest BCUT2D eigenvalue weighted by Crippen LogP contribution is 2.09. The number of guanidine groups is 1. The van der Waals surface area contributed by atoms with Crippen molar-refractivity contribution in [3.8, 4) is 0 Å². The lowest BCUT2D eigenvalue weighted by atomic mass is 10.1. The minimum Gasteiger partial charge on any atom is -0.383 e. The summed E-state index contributed by atoms with van der Waals surface area (Å²) in [5.74, 6) is 0.825. The van der Waals surface area contributed by atoms with Crippen molar-refractivity contribution < 1.29 is 4.74 Å². The van der Waals surface area contributed by atoms with Gasteiger partial charge >= 0.3 is 0 Å². The lowest BCUT2D eigenvalue weighted by Crippen LogP contribution is -2.44. The number of nitrogens with one attached hydrogen (secondary N) is 2. The molecule has 1 rings (SSSR count). The van der Waals surface area contributed by atoms with Crippen LogP contribution in [0.5, 0.6) is 0 Å². The van der Waals surface area contributed by atoms with Crippen LogP contribution in [-0.4, -0.2) is 38.8 Å². The fraction of sp³-hybridized carbons (Fsp3) is 0.533. The molecule has 0 saturated heterocycles. The van der Waals surface area contributed by atoms with Gasteiger partial charge in [-0.15, -0.1) is 0 Å². The third-order valence-corrected chi connectivity index (χ3v) is 2.98. The number of hydrogen-bond donors (Lipinski definition) is 2. The summed E-state index contributed by atoms with van der Waals surface area (Å²) in [6.07, 6.45) is 0.895. The van der Waals surface area contributed by atoms with E-state index in [-0.39, 0.29) is 6.04 Å². The fourth-order valence-electron chi connectivity index (χ4n) is 1.79. The molecule has 0 bridgehead atoms. The van der Waals surface area contributed by atoms with Crippen LogP contribution >= 0.6 is 11.6 Å². The summed E-state index contributed by atoms with van der Waals surface area (Å²) in [7, 11) is 1.70. The Morgan fingerprint density at radius 2 is 2.05 bits per heavy atom. The van der Waals surface area contributed by atoms with Gasteiger partial charge in [0.2, 0.25) is 0 Å². The predicted molar refractivity (Wildman–Crippen MR) is 85.6 cm³/mol. The smallest absolute Gasteiger partial charge is 0.191 e. The summed E-state index contributed by atoms with van der Waals surface area (Å²) in [6.45, 7) is 6.34. The van der Waals surface area contributed by atoms with Crippen molar-refractivity contribution in [2.75, 3.05) is 26.8 Å². The fourth-order valence-corrected chi connectivity index (χ4v) is 1.92. The zero-order valence-corrected chi connectivity index (χ0v) is 13.2. The number of hydrogen-bond acceptors (Lipinski definition) is 2. The summed E-state index contributed by atoms with van der Waals surface area (Å²) in [6, 6.07) is 8.11. The Balaban J connectivity index is 2.47. The van der Waals surface area contributed by atoms with E-state index in [2.05, 4.69) is 29.5 Å². The highest BCUT2D eigenvalue weighted by Gasteiger charge is 2.03. The molecule has 0 radical (unpaired) electrons. The Hall–Kier alpha value is -1.26. The van der Waals surface area contributed by atoms with E-state index in [0.29, 0.717) is 6.61 Å². The normalized spacial score (nSPS) is 13.1. The molecule has 0 fully saturated rings. The molecule has 1 aromatic carbocycles. The predicted octanol–water partition coefficient (Wildman–Crippen LogP) is 2.47. The van der Waals surface area contributed by atoms with Gasteiger partial charge in [-0.1, -0.05) is 23.7 Å². The van der Waals surface area contributed by atoms with E-state index in [1.54, 1.807) is 7.11 Å². The van der Waals surface area contributed by atoms with E-state index >= 15 is 0 Å². The van der Waals surface area contributed by atoms with Crippen LogP contribution in [0, 0.1) is 0 Å². The number of ether oxygens (including phenoxy) is 1. The van der Waals surface area contributed by atoms with Crippen LogP contribution in [0.1, 0.15) is 19.4 Å². The van der Waals surface area contributed by atoms with Crippen LogP contribution in [0.25, 0.3) is 0 Å². The second-order valence-electron chi connectivity index (χ2n) is 4.64. The molecule has 0 aromatic heterocycles. The van der Waals surface area contributed by atoms with Crippen LogP contribution in [-0.2, 0) is 11.2 Å². The number of nitrogens with zero attached hydrogens (tertiary/aromatic N) is 1. The van der Waals surface area contributed by atoms with E-state index < -0.39 is 0 Å². The molecular weight excluding hydrogens is 274 g/mol. The lowest BCUT2D eigenvalue weighted by molar-refractivity contribution is 0.179. The molecule has 0 amide bonds. The molecule has 4 nitrogen and oxygen atoms in total. The second kappa shape index (κ2) is 9.61. The highest BCUT2D eigenvalue weighted by atomic mass is 35.5. The summed E-state index contributed by atoms with van der Waals surface area (Å²) in [5, 5.41) is 7.30. The average Bonchev–Trinajstić information content (AvgIpc) is 2.41. The SMILES string of the molecule is CCNC(=NCCc1ccc(Cl)cc1)NC(C)COC. The summed E-state index contributed by atoms with van der Waals surface area (Å²) >= 11 is 5.86. The molecule has 0 spiro atoms. The number of methoxy groups -OCH3 is 1. The number of rotatable bonds is 7. The Kier molecular flexibility index (Phi) is 8.07. The Morgan fingerprint density at radius 1 is 1.35 bits per heavy atom. The molecule has 0 aliphatic rings. The largest absolute Gasteiger partial charge is 0.383 e. The summed E-state index contributed by atoms with van der Waals surface area (Å²) in [5.41, 5.74) is 1.24. The van der Waals surface area contributed by atoms with Crippen molar-refractivity contribution in [1.29, 1.82) is 0 Å². The molecule has 1 aromatic rings. The van der Waals surface area contributed by atoms with Crippen LogP contribution < -0.4 is 10.6 Å². The van der Waals surface area contributed by atoms with E-state index in [9.17, 15) is 0 Å². The first kappa shape index (κ1) is 16.8. The van der Waals surface area contributed by atoms with E-state index in [0.717, 1.165) is 30.5 Å². The van der Waals surface area contributed by atoms with Crippen molar-refractivity contribution >= 4 is 17.6 Å². The van der Waals surface area contributed by atoms with Crippen molar-refractivity contribution in [2.24, 2.45) is 4.99 Å². The van der Waals surface area contributed by atoms with Gasteiger partial charge in [-0.3, -0.25) is 4.99 Å². The Labute approximate surface area is 126 Å². The Morgan fingerprint density at radius 3 is 2.65 bits per heavy atom. The van der Waals surface area contributed by atoms with Gasteiger partial charge in [-0.05, 0) is 38.0 Å². The first-order chi connectivity index (χ1) is 9.65. The number of halogens is 1. The van der Waals surface area contributed by atoms with Crippen molar-refractivity contribution in [3.05, 3.63) is 34.9 Å². The lowest BCUT2D eigenvalue weighted by Gasteiger charge is -2.16. The summed E-state index contributed by atoms with van der Waals surface area (Å²) in [4.78, 5) is 4.56. The minimum atomic E-state index is 0.230. The van der Waals surface area contributed by atoms with Gasteiger partial charge in [-0.25, -0.2) is 0 Å². The van der Waals surface area contributed by atoms with Crippen molar-refractivity contribution in [3.63, 3.8) is 0 Å². The Bertz CT molecular complexity index is 406. The molecular formula is C15H24ClN3O. The molecule has 0 heterocycles. The minimum absolute atomic E-state index is 0.230. The molecule has 5 heteroatoms. The van der Waals surface area contributed by atoms with E-state index in [4.69, 9.17) is 16.3 Å². The maximum absolute atomic E-state index is 5.86. The van der Waals surface area contributed by atoms with E-state index in [1.165, 1.54) is 5.56 Å². The average molecular weight is 298 g/mol. The molecule has 0 aliphatic carbocycles. The molecule has 0 aliphatic heterocycles. The van der Waals surface area contributed by atoms with Gasteiger partial charge in [0.15, 0.2) is 5.96 Å². The number of aliphatic imine (C=N–C) groups is 1.